The van der Waals surface area contributed by atoms with Gasteiger partial charge in [-0.05, 0) is 39.9 Å². The van der Waals surface area contributed by atoms with Crippen molar-refractivity contribution in [3.63, 3.8) is 0 Å². The molecule has 1 aliphatic carbocycles. The smallest absolute Gasteiger partial charge is 0.320 e. The summed E-state index contributed by atoms with van der Waals surface area (Å²) < 4.78 is 5.68. The molecule has 1 aliphatic heterocycles. The lowest BCUT2D eigenvalue weighted by Crippen LogP contribution is -2.33. The van der Waals surface area contributed by atoms with Crippen molar-refractivity contribution in [3.05, 3.63) is 0 Å². The second kappa shape index (κ2) is 4.92. The maximum atomic E-state index is 10.9. The van der Waals surface area contributed by atoms with Crippen molar-refractivity contribution in [3.8, 4) is 0 Å². The Morgan fingerprint density at radius 1 is 1.53 bits per heavy atom. The average molecular weight is 242 g/mol. The fourth-order valence-corrected chi connectivity index (χ4v) is 2.65. The number of ether oxygens (including phenoxy) is 1. The Labute approximate surface area is 102 Å². The number of carboxylic acids is 1. The summed E-state index contributed by atoms with van der Waals surface area (Å²) in [7, 11) is 4.10. The van der Waals surface area contributed by atoms with Crippen LogP contribution in [0.1, 0.15) is 19.3 Å². The van der Waals surface area contributed by atoms with E-state index in [0.29, 0.717) is 12.6 Å². The van der Waals surface area contributed by atoms with Crippen LogP contribution in [-0.4, -0.2) is 61.9 Å². The highest BCUT2D eigenvalue weighted by Crippen LogP contribution is 2.54. The number of piperidine rings is 1. The summed E-state index contributed by atoms with van der Waals surface area (Å²) in [5.41, 5.74) is 0.126. The molecular formula is C12H22N2O3. The van der Waals surface area contributed by atoms with Crippen LogP contribution in [0.25, 0.3) is 0 Å². The molecule has 17 heavy (non-hydrogen) atoms. The minimum Gasteiger partial charge on any atom is -0.480 e. The minimum absolute atomic E-state index is 0.126. The SMILES string of the molecule is CN(C)CCCOC[C@]12C[C@@H](C(=O)O)N[C@H]1C2. The molecule has 1 heterocycles. The predicted octanol–water partition coefficient (Wildman–Crippen LogP) is 0.160. The lowest BCUT2D eigenvalue weighted by molar-refractivity contribution is -0.139. The fraction of sp³-hybridized carbons (Fsp3) is 0.917. The van der Waals surface area contributed by atoms with Crippen LogP contribution in [0.2, 0.25) is 0 Å². The molecule has 5 heteroatoms. The molecule has 2 aliphatic rings. The first-order chi connectivity index (χ1) is 8.03. The van der Waals surface area contributed by atoms with Gasteiger partial charge in [0.05, 0.1) is 6.61 Å². The first-order valence-corrected chi connectivity index (χ1v) is 6.25. The van der Waals surface area contributed by atoms with Crippen molar-refractivity contribution in [2.24, 2.45) is 5.41 Å². The molecule has 0 aromatic carbocycles. The average Bonchev–Trinajstić information content (AvgIpc) is 2.79. The molecule has 0 bridgehead atoms. The molecule has 3 atom stereocenters. The molecule has 0 radical (unpaired) electrons. The first kappa shape index (κ1) is 12.8. The topological polar surface area (TPSA) is 61.8 Å². The van der Waals surface area contributed by atoms with Gasteiger partial charge in [0.1, 0.15) is 6.04 Å². The van der Waals surface area contributed by atoms with E-state index in [2.05, 4.69) is 10.2 Å². The van der Waals surface area contributed by atoms with Gasteiger partial charge in [-0.15, -0.1) is 0 Å². The molecule has 2 fully saturated rings. The van der Waals surface area contributed by atoms with Gasteiger partial charge in [0.2, 0.25) is 0 Å². The lowest BCUT2D eigenvalue weighted by Gasteiger charge is -2.14. The Morgan fingerprint density at radius 3 is 2.88 bits per heavy atom. The van der Waals surface area contributed by atoms with Crippen LogP contribution in [0.15, 0.2) is 0 Å². The molecule has 2 N–H and O–H groups in total. The third-order valence-corrected chi connectivity index (χ3v) is 3.78. The Kier molecular flexibility index (Phi) is 3.70. The van der Waals surface area contributed by atoms with E-state index in [0.717, 1.165) is 32.4 Å². The van der Waals surface area contributed by atoms with Crippen LogP contribution in [0, 0.1) is 5.41 Å². The zero-order valence-electron chi connectivity index (χ0n) is 10.6. The second-order valence-corrected chi connectivity index (χ2v) is 5.59. The van der Waals surface area contributed by atoms with E-state index < -0.39 is 5.97 Å². The van der Waals surface area contributed by atoms with Gasteiger partial charge in [0, 0.05) is 18.1 Å². The van der Waals surface area contributed by atoms with Gasteiger partial charge in [0.15, 0.2) is 0 Å². The number of nitrogens with zero attached hydrogens (tertiary/aromatic N) is 1. The van der Waals surface area contributed by atoms with Crippen LogP contribution in [0.5, 0.6) is 0 Å². The van der Waals surface area contributed by atoms with E-state index in [9.17, 15) is 4.79 Å². The Balaban J connectivity index is 1.63. The van der Waals surface area contributed by atoms with Crippen molar-refractivity contribution in [1.82, 2.24) is 10.2 Å². The molecule has 0 aromatic rings. The highest BCUT2D eigenvalue weighted by Gasteiger charge is 2.61. The molecule has 0 amide bonds. The Hall–Kier alpha value is -0.650. The minimum atomic E-state index is -0.732. The van der Waals surface area contributed by atoms with E-state index >= 15 is 0 Å². The molecule has 5 nitrogen and oxygen atoms in total. The highest BCUT2D eigenvalue weighted by molar-refractivity contribution is 5.74. The van der Waals surface area contributed by atoms with E-state index in [1.807, 2.05) is 14.1 Å². The number of hydrogen-bond acceptors (Lipinski definition) is 4. The van der Waals surface area contributed by atoms with Gasteiger partial charge in [-0.1, -0.05) is 0 Å². The van der Waals surface area contributed by atoms with Crippen molar-refractivity contribution < 1.29 is 14.6 Å². The van der Waals surface area contributed by atoms with Gasteiger partial charge in [-0.25, -0.2) is 0 Å². The van der Waals surface area contributed by atoms with Crippen LogP contribution >= 0.6 is 0 Å². The van der Waals surface area contributed by atoms with Crippen LogP contribution in [-0.2, 0) is 9.53 Å². The summed E-state index contributed by atoms with van der Waals surface area (Å²) in [6.45, 7) is 2.51. The third-order valence-electron chi connectivity index (χ3n) is 3.78. The molecule has 1 saturated carbocycles. The van der Waals surface area contributed by atoms with Crippen LogP contribution in [0.3, 0.4) is 0 Å². The van der Waals surface area contributed by atoms with Crippen LogP contribution in [0.4, 0.5) is 0 Å². The summed E-state index contributed by atoms with van der Waals surface area (Å²) in [5, 5.41) is 12.1. The molecule has 0 spiro atoms. The van der Waals surface area contributed by atoms with Crippen molar-refractivity contribution in [1.29, 1.82) is 0 Å². The largest absolute Gasteiger partial charge is 0.480 e. The lowest BCUT2D eigenvalue weighted by atomic mass is 10.0. The van der Waals surface area contributed by atoms with Crippen molar-refractivity contribution in [2.45, 2.75) is 31.3 Å². The number of rotatable bonds is 7. The Bertz CT molecular complexity index is 295. The summed E-state index contributed by atoms with van der Waals surface area (Å²) in [6.07, 6.45) is 2.83. The molecular weight excluding hydrogens is 220 g/mol. The quantitative estimate of drug-likeness (QED) is 0.623. The van der Waals surface area contributed by atoms with Gasteiger partial charge < -0.3 is 20.1 Å². The summed E-state index contributed by atoms with van der Waals surface area (Å²) in [6, 6.07) is 0.0107. The maximum absolute atomic E-state index is 10.9. The van der Waals surface area contributed by atoms with Gasteiger partial charge in [0.25, 0.3) is 0 Å². The molecule has 98 valence electrons. The summed E-state index contributed by atoms with van der Waals surface area (Å²) in [5.74, 6) is -0.732. The van der Waals surface area contributed by atoms with E-state index in [-0.39, 0.29) is 11.5 Å². The van der Waals surface area contributed by atoms with Gasteiger partial charge in [-0.2, -0.15) is 0 Å². The maximum Gasteiger partial charge on any atom is 0.320 e. The predicted molar refractivity (Wildman–Crippen MR) is 64.0 cm³/mol. The second-order valence-electron chi connectivity index (χ2n) is 5.59. The molecule has 1 saturated heterocycles. The zero-order valence-corrected chi connectivity index (χ0v) is 10.6. The monoisotopic (exact) mass is 242 g/mol. The normalized spacial score (nSPS) is 35.0. The third kappa shape index (κ3) is 2.97. The van der Waals surface area contributed by atoms with E-state index in [1.54, 1.807) is 0 Å². The zero-order chi connectivity index (χ0) is 12.5. The fourth-order valence-electron chi connectivity index (χ4n) is 2.65. The van der Waals surface area contributed by atoms with Gasteiger partial charge >= 0.3 is 5.97 Å². The molecule has 2 rings (SSSR count). The number of nitrogens with one attached hydrogen (secondary N) is 1. The highest BCUT2D eigenvalue weighted by atomic mass is 16.5. The standard InChI is InChI=1S/C12H22N2O3/c1-14(2)4-3-5-17-8-12-6-9(11(15)16)13-10(12)7-12/h9-10,13H,3-8H2,1-2H3,(H,15,16)/t9-,10-,12+/m0/s1. The number of aliphatic carboxylic acids is 1. The number of fused-ring (bicyclic) bond motifs is 1. The number of hydrogen-bond donors (Lipinski definition) is 2. The van der Waals surface area contributed by atoms with Crippen LogP contribution < -0.4 is 5.32 Å². The first-order valence-electron chi connectivity index (χ1n) is 6.25. The number of carbonyl (C=O) groups is 1. The molecule has 0 aromatic heterocycles. The van der Waals surface area contributed by atoms with E-state index in [1.165, 1.54) is 0 Å². The Morgan fingerprint density at radius 2 is 2.29 bits per heavy atom. The van der Waals surface area contributed by atoms with Crippen molar-refractivity contribution >= 4 is 5.97 Å². The summed E-state index contributed by atoms with van der Waals surface area (Å²) >= 11 is 0. The summed E-state index contributed by atoms with van der Waals surface area (Å²) in [4.78, 5) is 13.0. The van der Waals surface area contributed by atoms with Crippen molar-refractivity contribution in [2.75, 3.05) is 33.9 Å². The van der Waals surface area contributed by atoms with Gasteiger partial charge in [-0.3, -0.25) is 4.79 Å². The van der Waals surface area contributed by atoms with E-state index in [4.69, 9.17) is 9.84 Å². The number of carboxylic acid groups (broad SMARTS) is 1. The molecule has 0 unspecified atom stereocenters.